The van der Waals surface area contributed by atoms with Gasteiger partial charge in [-0.15, -0.1) is 0 Å². The maximum absolute atomic E-state index is 15.1. The fourth-order valence-corrected chi connectivity index (χ4v) is 10.9. The minimum Gasteiger partial charge on any atom is -0.371 e. The van der Waals surface area contributed by atoms with Crippen molar-refractivity contribution >= 4 is 21.4 Å². The molecule has 3 atom stereocenters. The summed E-state index contributed by atoms with van der Waals surface area (Å²) in [5.74, 6) is 1.66. The summed E-state index contributed by atoms with van der Waals surface area (Å²) in [6.45, 7) is 11.5. The van der Waals surface area contributed by atoms with Crippen molar-refractivity contribution in [2.75, 3.05) is 37.6 Å². The van der Waals surface area contributed by atoms with Gasteiger partial charge in [-0.05, 0) is 111 Å². The summed E-state index contributed by atoms with van der Waals surface area (Å²) in [5.41, 5.74) is 1.73. The number of aryl methyl sites for hydroxylation is 1. The van der Waals surface area contributed by atoms with Crippen molar-refractivity contribution in [3.63, 3.8) is 0 Å². The van der Waals surface area contributed by atoms with Crippen molar-refractivity contribution in [2.24, 2.45) is 17.8 Å². The number of piperidine rings is 1. The van der Waals surface area contributed by atoms with Crippen LogP contribution in [-0.2, 0) is 33.0 Å². The fourth-order valence-electron chi connectivity index (χ4n) is 9.25. The molecule has 4 fully saturated rings. The second-order valence-corrected chi connectivity index (χ2v) is 17.0. The maximum Gasteiger partial charge on any atom is 0.243 e. The van der Waals surface area contributed by atoms with Gasteiger partial charge in [0.05, 0.1) is 10.1 Å². The number of hydrogen-bond donors (Lipinski definition) is 1. The lowest BCUT2D eigenvalue weighted by Gasteiger charge is -2.51. The highest BCUT2D eigenvalue weighted by Gasteiger charge is 2.52. The van der Waals surface area contributed by atoms with Crippen LogP contribution in [0.3, 0.4) is 0 Å². The zero-order valence-corrected chi connectivity index (χ0v) is 29.5. The molecule has 1 N–H and O–H groups in total. The first-order valence-corrected chi connectivity index (χ1v) is 19.8. The molecular weight excluding hydrogens is 638 g/mol. The smallest absolute Gasteiger partial charge is 0.243 e. The van der Waals surface area contributed by atoms with Crippen LogP contribution in [0.5, 0.6) is 0 Å². The Labute approximate surface area is 290 Å². The molecule has 3 aromatic rings. The number of anilines is 1. The number of likely N-dealkylation sites (tertiary alicyclic amines) is 1. The van der Waals surface area contributed by atoms with E-state index in [9.17, 15) is 13.2 Å². The molecule has 7 rings (SSSR count). The Balaban J connectivity index is 1.07. The van der Waals surface area contributed by atoms with Crippen molar-refractivity contribution in [1.29, 1.82) is 0 Å². The summed E-state index contributed by atoms with van der Waals surface area (Å²) < 4.78 is 42.6. The molecule has 2 saturated carbocycles. The quantitative estimate of drug-likeness (QED) is 0.230. The summed E-state index contributed by atoms with van der Waals surface area (Å²) in [4.78, 5) is 22.7. The van der Waals surface area contributed by atoms with E-state index >= 15 is 4.39 Å². The second kappa shape index (κ2) is 14.0. The minimum absolute atomic E-state index is 0.00997. The topological polar surface area (TPSA) is 87.5 Å². The van der Waals surface area contributed by atoms with Gasteiger partial charge in [-0.25, -0.2) is 17.8 Å². The van der Waals surface area contributed by atoms with Crippen LogP contribution in [-0.4, -0.2) is 72.8 Å². The Hall–Kier alpha value is -3.50. The van der Waals surface area contributed by atoms with Crippen LogP contribution in [0.25, 0.3) is 0 Å². The molecule has 2 aliphatic carbocycles. The lowest BCUT2D eigenvalue weighted by molar-refractivity contribution is -0.117. The first-order valence-electron chi connectivity index (χ1n) is 18.2. The monoisotopic (exact) mass is 687 g/mol. The molecule has 4 aliphatic rings. The molecule has 3 heterocycles. The highest BCUT2D eigenvalue weighted by molar-refractivity contribution is 7.92. The van der Waals surface area contributed by atoms with Crippen LogP contribution >= 0.6 is 0 Å². The molecule has 2 saturated heterocycles. The summed E-state index contributed by atoms with van der Waals surface area (Å²) >= 11 is 0. The largest absolute Gasteiger partial charge is 0.371 e. The van der Waals surface area contributed by atoms with Crippen molar-refractivity contribution in [3.8, 4) is 0 Å². The molecule has 0 spiro atoms. The van der Waals surface area contributed by atoms with Gasteiger partial charge >= 0.3 is 0 Å². The summed E-state index contributed by atoms with van der Waals surface area (Å²) in [6, 6.07) is 14.7. The molecular formula is C39H50FN5O3S. The van der Waals surface area contributed by atoms with Crippen LogP contribution in [0.4, 0.5) is 10.1 Å². The van der Waals surface area contributed by atoms with Gasteiger partial charge in [-0.1, -0.05) is 32.1 Å². The lowest BCUT2D eigenvalue weighted by atomic mass is 9.58. The molecule has 1 unspecified atom stereocenters. The average Bonchev–Trinajstić information content (AvgIpc) is 3.72. The maximum atomic E-state index is 15.1. The SMILES string of the molecule is C=CC(=O)N[C@H]1CCC[C@@H]1C(Cn1ccnc1CC)(c1cccc(F)c1)C1CCN(CC2CN(c3ccc(S(=O)(=O)C4CC4)cc3)C2)CC1. The van der Waals surface area contributed by atoms with E-state index in [1.54, 1.807) is 18.2 Å². The van der Waals surface area contributed by atoms with E-state index in [-0.39, 0.29) is 34.3 Å². The number of nitrogens with one attached hydrogen (secondary N) is 1. The van der Waals surface area contributed by atoms with Gasteiger partial charge in [0.1, 0.15) is 11.6 Å². The summed E-state index contributed by atoms with van der Waals surface area (Å²) in [7, 11) is -3.17. The number of hydrogen-bond acceptors (Lipinski definition) is 6. The Kier molecular flexibility index (Phi) is 9.72. The Morgan fingerprint density at radius 3 is 2.49 bits per heavy atom. The van der Waals surface area contributed by atoms with E-state index in [4.69, 9.17) is 0 Å². The number of amides is 1. The molecule has 0 radical (unpaired) electrons. The van der Waals surface area contributed by atoms with E-state index in [2.05, 4.69) is 50.4 Å². The molecule has 2 aromatic carbocycles. The van der Waals surface area contributed by atoms with Crippen molar-refractivity contribution in [1.82, 2.24) is 19.8 Å². The molecule has 8 nitrogen and oxygen atoms in total. The molecule has 49 heavy (non-hydrogen) atoms. The standard InChI is InChI=1S/C39H50FN5O3S/c1-3-37-41-19-22-44(37)27-39(30-7-5-8-31(40)23-30,35-9-6-10-36(35)42-38(46)4-2)29-17-20-43(21-18-29)24-28-25-45(26-28)32-11-13-33(14-12-32)49(47,48)34-15-16-34/h4-5,7-8,11-14,19,22-23,28-29,34-36H,2-3,6,9-10,15-18,20-21,24-27H2,1H3,(H,42,46)/t35-,36-,39?/m0/s1. The number of rotatable bonds is 13. The first kappa shape index (κ1) is 34.0. The van der Waals surface area contributed by atoms with E-state index in [1.165, 1.54) is 12.1 Å². The van der Waals surface area contributed by atoms with E-state index < -0.39 is 9.84 Å². The predicted molar refractivity (Wildman–Crippen MR) is 191 cm³/mol. The van der Waals surface area contributed by atoms with Gasteiger partial charge in [0.15, 0.2) is 9.84 Å². The summed E-state index contributed by atoms with van der Waals surface area (Å²) in [5, 5.41) is 3.09. The number of carbonyl (C=O) groups is 1. The van der Waals surface area contributed by atoms with Crippen molar-refractivity contribution < 1.29 is 17.6 Å². The normalized spacial score (nSPS) is 23.6. The number of sulfone groups is 1. The van der Waals surface area contributed by atoms with Crippen LogP contribution < -0.4 is 10.2 Å². The molecule has 0 bridgehead atoms. The molecule has 1 amide bonds. The van der Waals surface area contributed by atoms with Gasteiger partial charge in [-0.2, -0.15) is 0 Å². The number of carbonyl (C=O) groups excluding carboxylic acids is 1. The van der Waals surface area contributed by atoms with Crippen LogP contribution in [0, 0.1) is 23.6 Å². The van der Waals surface area contributed by atoms with E-state index in [0.717, 1.165) is 101 Å². The van der Waals surface area contributed by atoms with Crippen molar-refractivity contribution in [3.05, 3.63) is 90.8 Å². The average molecular weight is 688 g/mol. The summed E-state index contributed by atoms with van der Waals surface area (Å²) in [6.07, 6.45) is 12.6. The molecule has 10 heteroatoms. The molecule has 262 valence electrons. The van der Waals surface area contributed by atoms with Crippen LogP contribution in [0.1, 0.15) is 63.3 Å². The Bertz CT molecular complexity index is 1740. The highest BCUT2D eigenvalue weighted by Crippen LogP contribution is 2.52. The van der Waals surface area contributed by atoms with Gasteiger partial charge < -0.3 is 19.7 Å². The number of benzene rings is 2. The Morgan fingerprint density at radius 1 is 1.06 bits per heavy atom. The highest BCUT2D eigenvalue weighted by atomic mass is 32.2. The first-order chi connectivity index (χ1) is 23.7. The van der Waals surface area contributed by atoms with Crippen molar-refractivity contribution in [2.45, 2.75) is 86.4 Å². The van der Waals surface area contributed by atoms with Crippen LogP contribution in [0.2, 0.25) is 0 Å². The second-order valence-electron chi connectivity index (χ2n) is 14.8. The fraction of sp³-hybridized carbons (Fsp3) is 0.538. The number of nitrogens with zero attached hydrogens (tertiary/aromatic N) is 4. The zero-order chi connectivity index (χ0) is 34.2. The van der Waals surface area contributed by atoms with Crippen LogP contribution in [0.15, 0.2) is 78.5 Å². The predicted octanol–water partition coefficient (Wildman–Crippen LogP) is 5.78. The minimum atomic E-state index is -3.17. The lowest BCUT2D eigenvalue weighted by Crippen LogP contribution is -2.56. The number of imidazole rings is 1. The van der Waals surface area contributed by atoms with Gasteiger partial charge in [0, 0.05) is 68.1 Å². The zero-order valence-electron chi connectivity index (χ0n) is 28.6. The molecule has 2 aliphatic heterocycles. The Morgan fingerprint density at radius 2 is 1.82 bits per heavy atom. The van der Waals surface area contributed by atoms with Gasteiger partial charge in [0.2, 0.25) is 5.91 Å². The number of halogens is 1. The molecule has 1 aromatic heterocycles. The van der Waals surface area contributed by atoms with E-state index in [0.29, 0.717) is 23.3 Å². The van der Waals surface area contributed by atoms with Gasteiger partial charge in [0.25, 0.3) is 0 Å². The third-order valence-corrected chi connectivity index (χ3v) is 14.2. The van der Waals surface area contributed by atoms with Gasteiger partial charge in [-0.3, -0.25) is 4.79 Å². The third kappa shape index (κ3) is 6.83. The van der Waals surface area contributed by atoms with E-state index in [1.807, 2.05) is 24.4 Å². The third-order valence-electron chi connectivity index (χ3n) is 11.9. The number of aromatic nitrogens is 2.